The summed E-state index contributed by atoms with van der Waals surface area (Å²) >= 11 is 5.09. The highest BCUT2D eigenvalue weighted by molar-refractivity contribution is 7.80. The van der Waals surface area contributed by atoms with Gasteiger partial charge in [-0.05, 0) is 46.5 Å². The summed E-state index contributed by atoms with van der Waals surface area (Å²) in [5.74, 6) is -0.0873. The molecule has 0 aromatic heterocycles. The lowest BCUT2D eigenvalue weighted by molar-refractivity contribution is -0.135. The minimum atomic E-state index is -0.950. The number of carboxylic acid groups (broad SMARTS) is 1. The summed E-state index contributed by atoms with van der Waals surface area (Å²) < 4.78 is 6.07. The van der Waals surface area contributed by atoms with Crippen LogP contribution >= 0.6 is 12.2 Å². The van der Waals surface area contributed by atoms with Crippen molar-refractivity contribution in [3.63, 3.8) is 0 Å². The van der Waals surface area contributed by atoms with Crippen LogP contribution in [0.1, 0.15) is 37.5 Å². The average molecular weight is 387 g/mol. The molecule has 0 atom stereocenters. The molecule has 0 spiro atoms. The van der Waals surface area contributed by atoms with Crippen LogP contribution in [0.2, 0.25) is 0 Å². The average Bonchev–Trinajstić information content (AvgIpc) is 2.63. The number of hydrogen-bond donors (Lipinski definition) is 3. The van der Waals surface area contributed by atoms with E-state index >= 15 is 0 Å². The molecule has 2 aromatic rings. The largest absolute Gasteiger partial charge is 0.489 e. The predicted octanol–water partition coefficient (Wildman–Crippen LogP) is 3.61. The molecular weight excluding hydrogens is 360 g/mol. The van der Waals surface area contributed by atoms with Gasteiger partial charge in [-0.3, -0.25) is 4.79 Å². The summed E-state index contributed by atoms with van der Waals surface area (Å²) in [6, 6.07) is 16.1. The molecule has 0 saturated heterocycles. The maximum Gasteiger partial charge on any atom is 0.322 e. The fraction of sp³-hybridized carbons (Fsp3) is 0.333. The maximum atomic E-state index is 10.6. The first kappa shape index (κ1) is 20.7. The number of hydrogen-bond acceptors (Lipinski definition) is 3. The molecule has 144 valence electrons. The van der Waals surface area contributed by atoms with E-state index in [0.717, 1.165) is 22.4 Å². The molecule has 5 nitrogen and oxygen atoms in total. The van der Waals surface area contributed by atoms with Crippen LogP contribution in [0.15, 0.2) is 48.5 Å². The van der Waals surface area contributed by atoms with Gasteiger partial charge in [0.25, 0.3) is 0 Å². The van der Waals surface area contributed by atoms with E-state index in [0.29, 0.717) is 18.3 Å². The predicted molar refractivity (Wildman–Crippen MR) is 111 cm³/mol. The van der Waals surface area contributed by atoms with Gasteiger partial charge in [0.2, 0.25) is 0 Å². The molecule has 2 rings (SSSR count). The molecule has 0 saturated carbocycles. The fourth-order valence-corrected chi connectivity index (χ4v) is 2.68. The second kappa shape index (κ2) is 9.37. The third kappa shape index (κ3) is 6.90. The van der Waals surface area contributed by atoms with Crippen molar-refractivity contribution in [3.05, 3.63) is 65.2 Å². The molecule has 0 bridgehead atoms. The van der Waals surface area contributed by atoms with Gasteiger partial charge in [0.1, 0.15) is 18.9 Å². The molecule has 0 amide bonds. The number of rotatable bonds is 7. The van der Waals surface area contributed by atoms with E-state index in [-0.39, 0.29) is 12.0 Å². The first-order valence-electron chi connectivity index (χ1n) is 8.79. The standard InChI is InChI=1S/C21H26N2O3S/c1-21(2,3)17-11-16(12-22-20(27)23-13-19(24)25)9-10-18(17)26-14-15-7-5-4-6-8-15/h4-11H,12-14H2,1-3H3,(H,24,25)(H2,22,23,27). The van der Waals surface area contributed by atoms with Crippen LogP contribution in [0, 0.1) is 0 Å². The van der Waals surface area contributed by atoms with E-state index in [4.69, 9.17) is 22.1 Å². The van der Waals surface area contributed by atoms with E-state index in [1.807, 2.05) is 42.5 Å². The van der Waals surface area contributed by atoms with Crippen LogP contribution in [0.3, 0.4) is 0 Å². The van der Waals surface area contributed by atoms with Gasteiger partial charge in [-0.1, -0.05) is 57.2 Å². The zero-order valence-electron chi connectivity index (χ0n) is 15.9. The minimum Gasteiger partial charge on any atom is -0.489 e. The Hall–Kier alpha value is -2.60. The van der Waals surface area contributed by atoms with Crippen molar-refractivity contribution in [2.45, 2.75) is 39.3 Å². The molecule has 0 aliphatic rings. The van der Waals surface area contributed by atoms with Gasteiger partial charge in [0.05, 0.1) is 0 Å². The molecule has 27 heavy (non-hydrogen) atoms. The number of thiocarbonyl (C=S) groups is 1. The summed E-state index contributed by atoms with van der Waals surface area (Å²) in [7, 11) is 0. The molecule has 0 unspecified atom stereocenters. The SMILES string of the molecule is CC(C)(C)c1cc(CNC(=S)NCC(=O)O)ccc1OCc1ccccc1. The van der Waals surface area contributed by atoms with Crippen molar-refractivity contribution in [1.82, 2.24) is 10.6 Å². The van der Waals surface area contributed by atoms with Gasteiger partial charge in [0, 0.05) is 6.54 Å². The van der Waals surface area contributed by atoms with Crippen LogP contribution < -0.4 is 15.4 Å². The van der Waals surface area contributed by atoms with Crippen LogP contribution in [-0.2, 0) is 23.4 Å². The summed E-state index contributed by atoms with van der Waals surface area (Å²) in [6.45, 7) is 7.26. The van der Waals surface area contributed by atoms with Gasteiger partial charge >= 0.3 is 5.97 Å². The number of carbonyl (C=O) groups is 1. The van der Waals surface area contributed by atoms with E-state index < -0.39 is 5.97 Å². The van der Waals surface area contributed by atoms with Crippen LogP contribution in [0.5, 0.6) is 5.75 Å². The Morgan fingerprint density at radius 3 is 2.41 bits per heavy atom. The molecule has 6 heteroatoms. The van der Waals surface area contributed by atoms with Crippen molar-refractivity contribution in [2.75, 3.05) is 6.54 Å². The molecule has 0 aliphatic heterocycles. The van der Waals surface area contributed by atoms with Crippen LogP contribution in [0.25, 0.3) is 0 Å². The third-order valence-corrected chi connectivity index (χ3v) is 4.23. The highest BCUT2D eigenvalue weighted by Crippen LogP contribution is 2.32. The van der Waals surface area contributed by atoms with Gasteiger partial charge < -0.3 is 20.5 Å². The molecule has 0 aliphatic carbocycles. The van der Waals surface area contributed by atoms with Crippen molar-refractivity contribution in [1.29, 1.82) is 0 Å². The molecular formula is C21H26N2O3S. The Kier molecular flexibility index (Phi) is 7.19. The molecule has 0 heterocycles. The molecule has 0 fully saturated rings. The Morgan fingerprint density at radius 2 is 1.78 bits per heavy atom. The maximum absolute atomic E-state index is 10.6. The Bertz CT molecular complexity index is 786. The summed E-state index contributed by atoms with van der Waals surface area (Å²) in [5.41, 5.74) is 3.20. The Morgan fingerprint density at radius 1 is 1.07 bits per heavy atom. The van der Waals surface area contributed by atoms with E-state index in [1.54, 1.807) is 0 Å². The zero-order valence-corrected chi connectivity index (χ0v) is 16.7. The monoisotopic (exact) mass is 386 g/mol. The molecule has 0 radical (unpaired) electrons. The van der Waals surface area contributed by atoms with Crippen molar-refractivity contribution >= 4 is 23.3 Å². The van der Waals surface area contributed by atoms with Crippen molar-refractivity contribution in [2.24, 2.45) is 0 Å². The molecule has 2 aromatic carbocycles. The number of benzene rings is 2. The van der Waals surface area contributed by atoms with Gasteiger partial charge in [0.15, 0.2) is 5.11 Å². The van der Waals surface area contributed by atoms with Gasteiger partial charge in [-0.2, -0.15) is 0 Å². The van der Waals surface area contributed by atoms with Gasteiger partial charge in [-0.15, -0.1) is 0 Å². The lowest BCUT2D eigenvalue weighted by Crippen LogP contribution is -2.37. The minimum absolute atomic E-state index is 0.0793. The summed E-state index contributed by atoms with van der Waals surface area (Å²) in [6.07, 6.45) is 0. The topological polar surface area (TPSA) is 70.6 Å². The third-order valence-electron chi connectivity index (χ3n) is 3.94. The number of aliphatic carboxylic acids is 1. The Balaban J connectivity index is 2.06. The smallest absolute Gasteiger partial charge is 0.322 e. The van der Waals surface area contributed by atoms with Gasteiger partial charge in [-0.25, -0.2) is 0 Å². The number of ether oxygens (including phenoxy) is 1. The number of carboxylic acids is 1. The lowest BCUT2D eigenvalue weighted by Gasteiger charge is -2.24. The van der Waals surface area contributed by atoms with Crippen molar-refractivity contribution in [3.8, 4) is 5.75 Å². The Labute approximate surface area is 165 Å². The summed E-state index contributed by atoms with van der Waals surface area (Å²) in [5, 5.41) is 14.7. The van der Waals surface area contributed by atoms with E-state index in [2.05, 4.69) is 37.5 Å². The lowest BCUT2D eigenvalue weighted by atomic mass is 9.85. The highest BCUT2D eigenvalue weighted by Gasteiger charge is 2.20. The van der Waals surface area contributed by atoms with Crippen molar-refractivity contribution < 1.29 is 14.6 Å². The number of nitrogens with one attached hydrogen (secondary N) is 2. The normalized spacial score (nSPS) is 10.9. The fourth-order valence-electron chi connectivity index (χ4n) is 2.54. The zero-order chi connectivity index (χ0) is 19.9. The molecule has 3 N–H and O–H groups in total. The first-order chi connectivity index (χ1) is 12.8. The second-order valence-corrected chi connectivity index (χ2v) is 7.69. The quantitative estimate of drug-likeness (QED) is 0.632. The van der Waals surface area contributed by atoms with Crippen LogP contribution in [-0.4, -0.2) is 22.7 Å². The van der Waals surface area contributed by atoms with E-state index in [1.165, 1.54) is 0 Å². The first-order valence-corrected chi connectivity index (χ1v) is 9.20. The highest BCUT2D eigenvalue weighted by atomic mass is 32.1. The second-order valence-electron chi connectivity index (χ2n) is 7.28. The van der Waals surface area contributed by atoms with Crippen LogP contribution in [0.4, 0.5) is 0 Å². The van der Waals surface area contributed by atoms with E-state index in [9.17, 15) is 4.79 Å². The summed E-state index contributed by atoms with van der Waals surface area (Å²) in [4.78, 5) is 10.6.